The molecule has 0 atom stereocenters. The monoisotopic (exact) mass is 417 g/mol. The summed E-state index contributed by atoms with van der Waals surface area (Å²) in [5, 5.41) is 0. The normalized spacial score (nSPS) is 23.2. The zero-order chi connectivity index (χ0) is 20.4. The van der Waals surface area contributed by atoms with Crippen LogP contribution in [-0.4, -0.2) is 33.3 Å². The van der Waals surface area contributed by atoms with E-state index in [1.54, 1.807) is 0 Å². The van der Waals surface area contributed by atoms with Crippen molar-refractivity contribution in [3.63, 3.8) is 0 Å². The summed E-state index contributed by atoms with van der Waals surface area (Å²) < 4.78 is 18.7. The van der Waals surface area contributed by atoms with Crippen molar-refractivity contribution in [2.24, 2.45) is 0 Å². The van der Waals surface area contributed by atoms with Crippen molar-refractivity contribution in [1.82, 2.24) is 15.0 Å². The van der Waals surface area contributed by atoms with Gasteiger partial charge in [0.1, 0.15) is 18.3 Å². The third-order valence-corrected chi connectivity index (χ3v) is 6.80. The Labute approximate surface area is 181 Å². The van der Waals surface area contributed by atoms with E-state index in [9.17, 15) is 0 Å². The van der Waals surface area contributed by atoms with Crippen LogP contribution in [0.5, 0.6) is 18.0 Å². The molecule has 0 bridgehead atoms. The van der Waals surface area contributed by atoms with Crippen LogP contribution in [0, 0.1) is 0 Å². The predicted molar refractivity (Wildman–Crippen MR) is 116 cm³/mol. The second-order valence-electron chi connectivity index (χ2n) is 9.38. The SMILES string of the molecule is C1CCCC(Oc2nc(OC3CCCCCC3)nc(OC3CCCCCC3)n2)CC1. The molecule has 3 fully saturated rings. The zero-order valence-corrected chi connectivity index (χ0v) is 18.5. The van der Waals surface area contributed by atoms with Crippen LogP contribution in [0.15, 0.2) is 0 Å². The fourth-order valence-electron chi connectivity index (χ4n) is 5.01. The lowest BCUT2D eigenvalue weighted by Crippen LogP contribution is -2.22. The molecule has 0 saturated heterocycles. The van der Waals surface area contributed by atoms with Gasteiger partial charge in [-0.1, -0.05) is 38.5 Å². The summed E-state index contributed by atoms with van der Waals surface area (Å²) in [4.78, 5) is 13.6. The number of rotatable bonds is 6. The molecule has 6 nitrogen and oxygen atoms in total. The first-order valence-electron chi connectivity index (χ1n) is 12.6. The first kappa shape index (κ1) is 21.6. The lowest BCUT2D eigenvalue weighted by atomic mass is 10.1. The van der Waals surface area contributed by atoms with Crippen LogP contribution in [-0.2, 0) is 0 Å². The molecule has 3 saturated carbocycles. The van der Waals surface area contributed by atoms with Gasteiger partial charge in [0.05, 0.1) is 0 Å². The maximum atomic E-state index is 6.22. The van der Waals surface area contributed by atoms with Crippen molar-refractivity contribution < 1.29 is 14.2 Å². The Balaban J connectivity index is 1.47. The minimum atomic E-state index is 0.186. The van der Waals surface area contributed by atoms with Crippen LogP contribution in [0.25, 0.3) is 0 Å². The molecule has 0 spiro atoms. The highest BCUT2D eigenvalue weighted by Gasteiger charge is 2.22. The summed E-state index contributed by atoms with van der Waals surface area (Å²) in [5.41, 5.74) is 0. The van der Waals surface area contributed by atoms with E-state index in [1.807, 2.05) is 0 Å². The smallest absolute Gasteiger partial charge is 0.326 e. The summed E-state index contributed by atoms with van der Waals surface area (Å²) in [6.07, 6.45) is 22.1. The van der Waals surface area contributed by atoms with E-state index in [0.29, 0.717) is 18.0 Å². The van der Waals surface area contributed by atoms with E-state index < -0.39 is 0 Å². The second kappa shape index (κ2) is 11.7. The molecule has 3 aliphatic carbocycles. The first-order chi connectivity index (χ1) is 14.8. The van der Waals surface area contributed by atoms with E-state index in [-0.39, 0.29) is 18.3 Å². The van der Waals surface area contributed by atoms with Gasteiger partial charge in [-0.15, -0.1) is 15.0 Å². The minimum absolute atomic E-state index is 0.186. The van der Waals surface area contributed by atoms with Gasteiger partial charge in [-0.2, -0.15) is 0 Å². The molecule has 30 heavy (non-hydrogen) atoms. The Morgan fingerprint density at radius 2 is 0.600 bits per heavy atom. The van der Waals surface area contributed by atoms with Gasteiger partial charge in [-0.25, -0.2) is 0 Å². The van der Waals surface area contributed by atoms with Crippen LogP contribution < -0.4 is 14.2 Å². The molecule has 0 aliphatic heterocycles. The number of ether oxygens (including phenoxy) is 3. The van der Waals surface area contributed by atoms with Gasteiger partial charge in [-0.3, -0.25) is 0 Å². The maximum absolute atomic E-state index is 6.22. The average Bonchev–Trinajstić information content (AvgIpc) is 3.24. The molecule has 0 N–H and O–H groups in total. The largest absolute Gasteiger partial charge is 0.460 e. The van der Waals surface area contributed by atoms with Crippen molar-refractivity contribution in [2.45, 2.75) is 134 Å². The van der Waals surface area contributed by atoms with Crippen LogP contribution >= 0.6 is 0 Å². The van der Waals surface area contributed by atoms with Crippen LogP contribution in [0.2, 0.25) is 0 Å². The van der Waals surface area contributed by atoms with Crippen LogP contribution in [0.3, 0.4) is 0 Å². The molecular formula is C24H39N3O3. The molecule has 0 aromatic carbocycles. The van der Waals surface area contributed by atoms with Gasteiger partial charge in [0.25, 0.3) is 0 Å². The molecule has 3 aliphatic rings. The molecule has 6 heteroatoms. The molecule has 0 radical (unpaired) electrons. The summed E-state index contributed by atoms with van der Waals surface area (Å²) >= 11 is 0. The van der Waals surface area contributed by atoms with Gasteiger partial charge in [0, 0.05) is 0 Å². The minimum Gasteiger partial charge on any atom is -0.460 e. The highest BCUT2D eigenvalue weighted by molar-refractivity contribution is 5.10. The van der Waals surface area contributed by atoms with E-state index in [0.717, 1.165) is 38.5 Å². The zero-order valence-electron chi connectivity index (χ0n) is 18.5. The van der Waals surface area contributed by atoms with Crippen molar-refractivity contribution in [3.8, 4) is 18.0 Å². The summed E-state index contributed by atoms with van der Waals surface area (Å²) in [7, 11) is 0. The predicted octanol–water partition coefficient (Wildman–Crippen LogP) is 6.18. The molecule has 168 valence electrons. The molecule has 0 unspecified atom stereocenters. The molecule has 4 rings (SSSR count). The van der Waals surface area contributed by atoms with Crippen LogP contribution in [0.4, 0.5) is 0 Å². The number of nitrogens with zero attached hydrogens (tertiary/aromatic N) is 3. The van der Waals surface area contributed by atoms with Gasteiger partial charge in [0.15, 0.2) is 0 Å². The van der Waals surface area contributed by atoms with Gasteiger partial charge in [-0.05, 0) is 77.0 Å². The number of hydrogen-bond acceptors (Lipinski definition) is 6. The van der Waals surface area contributed by atoms with Gasteiger partial charge < -0.3 is 14.2 Å². The second-order valence-corrected chi connectivity index (χ2v) is 9.38. The van der Waals surface area contributed by atoms with E-state index in [4.69, 9.17) is 14.2 Å². The van der Waals surface area contributed by atoms with E-state index in [2.05, 4.69) is 15.0 Å². The molecule has 0 amide bonds. The van der Waals surface area contributed by atoms with Gasteiger partial charge in [0.2, 0.25) is 0 Å². The first-order valence-corrected chi connectivity index (χ1v) is 12.6. The van der Waals surface area contributed by atoms with Crippen LogP contribution in [0.1, 0.15) is 116 Å². The highest BCUT2D eigenvalue weighted by Crippen LogP contribution is 2.27. The standard InChI is InChI=1S/C24H39N3O3/c1-2-8-14-19(13-7-1)28-22-25-23(29-20-15-9-3-4-10-16-20)27-24(26-22)30-21-17-11-5-6-12-18-21/h19-21H,1-18H2. The maximum Gasteiger partial charge on any atom is 0.326 e. The fourth-order valence-corrected chi connectivity index (χ4v) is 5.01. The Kier molecular flexibility index (Phi) is 8.44. The Bertz CT molecular complexity index is 520. The summed E-state index contributed by atoms with van der Waals surface area (Å²) in [5.74, 6) is 0. The summed E-state index contributed by atoms with van der Waals surface area (Å²) in [6.45, 7) is 0. The molecule has 1 aromatic heterocycles. The van der Waals surface area contributed by atoms with Crippen molar-refractivity contribution in [2.75, 3.05) is 0 Å². The molecule has 1 heterocycles. The van der Waals surface area contributed by atoms with Gasteiger partial charge >= 0.3 is 18.0 Å². The third kappa shape index (κ3) is 6.98. The lowest BCUT2D eigenvalue weighted by molar-refractivity contribution is 0.128. The number of aromatic nitrogens is 3. The van der Waals surface area contributed by atoms with Crippen molar-refractivity contribution in [1.29, 1.82) is 0 Å². The Morgan fingerprint density at radius 1 is 0.367 bits per heavy atom. The fraction of sp³-hybridized carbons (Fsp3) is 0.875. The number of hydrogen-bond donors (Lipinski definition) is 0. The molecular weight excluding hydrogens is 378 g/mol. The Morgan fingerprint density at radius 3 is 0.833 bits per heavy atom. The molecule has 1 aromatic rings. The quantitative estimate of drug-likeness (QED) is 0.515. The third-order valence-electron chi connectivity index (χ3n) is 6.80. The van der Waals surface area contributed by atoms with E-state index >= 15 is 0 Å². The van der Waals surface area contributed by atoms with Crippen molar-refractivity contribution in [3.05, 3.63) is 0 Å². The average molecular weight is 418 g/mol. The Hall–Kier alpha value is -1.59. The topological polar surface area (TPSA) is 66.4 Å². The van der Waals surface area contributed by atoms with Crippen molar-refractivity contribution >= 4 is 0 Å². The summed E-state index contributed by atoms with van der Waals surface area (Å²) in [6, 6.07) is 1.14. The highest BCUT2D eigenvalue weighted by atomic mass is 16.5. The van der Waals surface area contributed by atoms with E-state index in [1.165, 1.54) is 77.0 Å². The lowest BCUT2D eigenvalue weighted by Gasteiger charge is -2.20.